The van der Waals surface area contributed by atoms with Crippen LogP contribution in [-0.4, -0.2) is 28.2 Å². The van der Waals surface area contributed by atoms with Crippen LogP contribution in [0.25, 0.3) is 22.5 Å². The van der Waals surface area contributed by atoms with Crippen LogP contribution in [0.2, 0.25) is 0 Å². The number of aryl methyl sites for hydroxylation is 1. The van der Waals surface area contributed by atoms with Gasteiger partial charge < -0.3 is 5.73 Å². The lowest BCUT2D eigenvalue weighted by molar-refractivity contribution is 0.552. The van der Waals surface area contributed by atoms with Crippen LogP contribution in [0.1, 0.15) is 6.92 Å². The number of rotatable bonds is 6. The fraction of sp³-hybridized carbons (Fsp3) is 0.0909. The molecule has 2 aromatic carbocycles. The van der Waals surface area contributed by atoms with Crippen molar-refractivity contribution in [3.8, 4) is 22.5 Å². The number of hydrogen-bond donors (Lipinski definition) is 1. The number of nitrogens with two attached hydrogens (primary N) is 1. The molecule has 0 spiro atoms. The smallest absolute Gasteiger partial charge is 0.267 e. The van der Waals surface area contributed by atoms with Crippen LogP contribution in [0.4, 0.5) is 24.8 Å². The molecular weight excluding hydrogens is 469 g/mol. The Hall–Kier alpha value is -3.93. The van der Waals surface area contributed by atoms with Crippen molar-refractivity contribution in [3.05, 3.63) is 79.4 Å². The van der Waals surface area contributed by atoms with Gasteiger partial charge in [-0.05, 0) is 43.3 Å². The normalized spacial score (nSPS) is 11.6. The van der Waals surface area contributed by atoms with Crippen molar-refractivity contribution in [2.24, 2.45) is 0 Å². The summed E-state index contributed by atoms with van der Waals surface area (Å²) < 4.78 is 71.2. The molecule has 175 valence electrons. The fourth-order valence-corrected chi connectivity index (χ4v) is 4.53. The number of halogens is 3. The van der Waals surface area contributed by atoms with Gasteiger partial charge in [-0.2, -0.15) is 5.10 Å². The van der Waals surface area contributed by atoms with Gasteiger partial charge in [0.2, 0.25) is 5.95 Å². The predicted molar refractivity (Wildman–Crippen MR) is 120 cm³/mol. The number of nitrogen functional groups attached to an aromatic ring is 1. The minimum Gasteiger partial charge on any atom is -0.368 e. The van der Waals surface area contributed by atoms with Crippen molar-refractivity contribution >= 4 is 21.7 Å². The van der Waals surface area contributed by atoms with Gasteiger partial charge in [-0.1, -0.05) is 6.07 Å². The third-order valence-corrected chi connectivity index (χ3v) is 6.64. The van der Waals surface area contributed by atoms with E-state index in [0.717, 1.165) is 12.1 Å². The van der Waals surface area contributed by atoms with Crippen LogP contribution in [0.15, 0.2) is 59.8 Å². The van der Waals surface area contributed by atoms with Crippen LogP contribution in [0, 0.1) is 24.5 Å². The summed E-state index contributed by atoms with van der Waals surface area (Å²) in [5.74, 6) is -3.14. The maximum atomic E-state index is 15.7. The van der Waals surface area contributed by atoms with Crippen molar-refractivity contribution in [1.82, 2.24) is 19.7 Å². The molecule has 12 heteroatoms. The average molecular weight is 487 g/mol. The van der Waals surface area contributed by atoms with Crippen LogP contribution in [0.3, 0.4) is 0 Å². The Morgan fingerprint density at radius 1 is 1.12 bits per heavy atom. The van der Waals surface area contributed by atoms with Crippen LogP contribution >= 0.6 is 0 Å². The Balaban J connectivity index is 1.85. The van der Waals surface area contributed by atoms with E-state index in [2.05, 4.69) is 22.1 Å². The highest BCUT2D eigenvalue weighted by Gasteiger charge is 2.29. The Morgan fingerprint density at radius 2 is 1.88 bits per heavy atom. The first-order valence-electron chi connectivity index (χ1n) is 9.89. The summed E-state index contributed by atoms with van der Waals surface area (Å²) in [6.07, 6.45) is 3.08. The van der Waals surface area contributed by atoms with E-state index in [1.165, 1.54) is 18.3 Å². The van der Waals surface area contributed by atoms with Crippen molar-refractivity contribution in [2.75, 3.05) is 10.0 Å². The van der Waals surface area contributed by atoms with Crippen molar-refractivity contribution in [3.63, 3.8) is 0 Å². The molecule has 1 radical (unpaired) electrons. The maximum absolute atomic E-state index is 15.7. The highest BCUT2D eigenvalue weighted by molar-refractivity contribution is 7.92. The summed E-state index contributed by atoms with van der Waals surface area (Å²) in [5.41, 5.74) is 6.12. The van der Waals surface area contributed by atoms with Gasteiger partial charge in [0, 0.05) is 30.1 Å². The number of hydrogen-bond acceptors (Lipinski definition) is 6. The molecule has 2 N–H and O–H groups in total. The highest BCUT2D eigenvalue weighted by atomic mass is 32.2. The molecule has 0 aliphatic rings. The van der Waals surface area contributed by atoms with E-state index in [9.17, 15) is 17.2 Å². The van der Waals surface area contributed by atoms with E-state index in [-0.39, 0.29) is 17.2 Å². The molecule has 0 saturated heterocycles. The first-order valence-corrected chi connectivity index (χ1v) is 11.3. The molecule has 0 atom stereocenters. The van der Waals surface area contributed by atoms with Gasteiger partial charge in [-0.3, -0.25) is 8.99 Å². The number of sulfonamides is 1. The highest BCUT2D eigenvalue weighted by Crippen LogP contribution is 2.36. The Labute approximate surface area is 193 Å². The van der Waals surface area contributed by atoms with Crippen molar-refractivity contribution < 1.29 is 21.6 Å². The average Bonchev–Trinajstić information content (AvgIpc) is 3.24. The second-order valence-corrected chi connectivity index (χ2v) is 8.94. The molecule has 34 heavy (non-hydrogen) atoms. The van der Waals surface area contributed by atoms with E-state index in [1.54, 1.807) is 16.9 Å². The fourth-order valence-electron chi connectivity index (χ4n) is 3.31. The first-order chi connectivity index (χ1) is 16.1. The summed E-state index contributed by atoms with van der Waals surface area (Å²) in [5, 5.41) is 4.39. The van der Waals surface area contributed by atoms with E-state index in [1.807, 2.05) is 6.92 Å². The van der Waals surface area contributed by atoms with Crippen molar-refractivity contribution in [2.45, 2.75) is 18.4 Å². The lowest BCUT2D eigenvalue weighted by atomic mass is 10.0. The second-order valence-electron chi connectivity index (χ2n) is 7.11. The van der Waals surface area contributed by atoms with Crippen molar-refractivity contribution in [1.29, 1.82) is 0 Å². The summed E-state index contributed by atoms with van der Waals surface area (Å²) in [4.78, 5) is 7.03. The number of aromatic nitrogens is 4. The third kappa shape index (κ3) is 4.07. The van der Waals surface area contributed by atoms with Crippen LogP contribution < -0.4 is 10.0 Å². The monoisotopic (exact) mass is 487 g/mol. The largest absolute Gasteiger partial charge is 0.368 e. The molecule has 0 saturated carbocycles. The van der Waals surface area contributed by atoms with Crippen LogP contribution in [0.5, 0.6) is 0 Å². The van der Waals surface area contributed by atoms with E-state index in [0.29, 0.717) is 34.2 Å². The van der Waals surface area contributed by atoms with E-state index < -0.39 is 38.1 Å². The predicted octanol–water partition coefficient (Wildman–Crippen LogP) is 4.01. The summed E-state index contributed by atoms with van der Waals surface area (Å²) >= 11 is 0. The zero-order chi connectivity index (χ0) is 24.6. The Morgan fingerprint density at radius 3 is 2.59 bits per heavy atom. The zero-order valence-electron chi connectivity index (χ0n) is 17.8. The van der Waals surface area contributed by atoms with Gasteiger partial charge in [0.05, 0.1) is 18.4 Å². The minimum absolute atomic E-state index is 0.00840. The van der Waals surface area contributed by atoms with E-state index >= 15 is 4.39 Å². The van der Waals surface area contributed by atoms with Gasteiger partial charge in [0.15, 0.2) is 5.82 Å². The molecular formula is C22H18F3N6O2S. The molecule has 0 fully saturated rings. The van der Waals surface area contributed by atoms with Gasteiger partial charge in [0.25, 0.3) is 10.0 Å². The molecule has 8 nitrogen and oxygen atoms in total. The topological polar surface area (TPSA) is 107 Å². The molecule has 0 bridgehead atoms. The molecule has 0 aliphatic carbocycles. The molecule has 4 aromatic rings. The molecule has 2 heterocycles. The van der Waals surface area contributed by atoms with Gasteiger partial charge >= 0.3 is 0 Å². The Kier molecular flexibility index (Phi) is 6.00. The summed E-state index contributed by atoms with van der Waals surface area (Å²) in [7, 11) is -1.34. The lowest BCUT2D eigenvalue weighted by Crippen LogP contribution is -2.26. The SMILES string of the molecule is [CH2]N(c1cccc(-c2nn(CC)cc2-c2ccnc(N)n2)c1F)S(=O)(=O)c1cc(F)ccc1F. The number of benzene rings is 2. The molecule has 0 aliphatic heterocycles. The summed E-state index contributed by atoms with van der Waals surface area (Å²) in [6.45, 7) is 2.29. The standard InChI is InChI=1S/C22H18F3N6O2S/c1-3-31-12-15(17-9-10-27-22(26)28-17)21(29-31)14-5-4-6-18(20(14)25)30(2)34(32,33)19-11-13(23)7-8-16(19)24/h4-12H,2-3H2,1H3,(H2,26,27,28). The Bertz CT molecular complexity index is 1490. The first kappa shape index (κ1) is 23.2. The minimum atomic E-state index is -4.73. The van der Waals surface area contributed by atoms with Gasteiger partial charge in [-0.15, -0.1) is 0 Å². The molecule has 2 aromatic heterocycles. The molecule has 0 unspecified atom stereocenters. The molecule has 0 amide bonds. The number of nitrogens with zero attached hydrogens (tertiary/aromatic N) is 5. The summed E-state index contributed by atoms with van der Waals surface area (Å²) in [6, 6.07) is 7.47. The second kappa shape index (κ2) is 8.78. The number of anilines is 2. The zero-order valence-corrected chi connectivity index (χ0v) is 18.6. The van der Waals surface area contributed by atoms with Gasteiger partial charge in [-0.25, -0.2) is 31.6 Å². The van der Waals surface area contributed by atoms with E-state index in [4.69, 9.17) is 5.73 Å². The van der Waals surface area contributed by atoms with Crippen LogP contribution in [-0.2, 0) is 16.6 Å². The third-order valence-electron chi connectivity index (χ3n) is 5.00. The lowest BCUT2D eigenvalue weighted by Gasteiger charge is -2.21. The quantitative estimate of drug-likeness (QED) is 0.440. The molecule has 4 rings (SSSR count). The van der Waals surface area contributed by atoms with Gasteiger partial charge in [0.1, 0.15) is 22.2 Å². The maximum Gasteiger partial charge on any atom is 0.267 e.